The molecule has 1 heterocycles. The number of nitrogens with two attached hydrogens (primary N) is 1. The molecule has 3 rings (SSSR count). The Morgan fingerprint density at radius 1 is 1.15 bits per heavy atom. The number of hydrogen-bond donors (Lipinski definition) is 1. The number of rotatable bonds is 13. The zero-order valence-electron chi connectivity index (χ0n) is 20.0. The summed E-state index contributed by atoms with van der Waals surface area (Å²) < 4.78 is 6.97. The highest BCUT2D eigenvalue weighted by atomic mass is 127. The Morgan fingerprint density at radius 2 is 1.91 bits per heavy atom. The van der Waals surface area contributed by atoms with Crippen LogP contribution in [0.2, 0.25) is 0 Å². The van der Waals surface area contributed by atoms with E-state index in [0.717, 1.165) is 48.7 Å². The van der Waals surface area contributed by atoms with Crippen LogP contribution in [0, 0.1) is 9.49 Å². The van der Waals surface area contributed by atoms with E-state index in [-0.39, 0.29) is 0 Å². The number of anilines is 1. The van der Waals surface area contributed by atoms with Crippen LogP contribution in [0.3, 0.4) is 0 Å². The monoisotopic (exact) mass is 556 g/mol. The summed E-state index contributed by atoms with van der Waals surface area (Å²) in [5.74, 6) is 1.88. The third kappa shape index (κ3) is 8.33. The fourth-order valence-electron chi connectivity index (χ4n) is 4.15. The first-order valence-electron chi connectivity index (χ1n) is 12.1. The van der Waals surface area contributed by atoms with Crippen molar-refractivity contribution in [2.75, 3.05) is 12.3 Å². The average Bonchev–Trinajstić information content (AvgIpc) is 3.17. The Hall–Kier alpha value is -2.08. The molecule has 2 N–H and O–H groups in total. The Balaban J connectivity index is 1.30. The molecule has 4 heteroatoms. The number of allylic oxidation sites excluding steroid dienone is 2. The van der Waals surface area contributed by atoms with E-state index in [4.69, 9.17) is 10.5 Å². The molecule has 0 bridgehead atoms. The van der Waals surface area contributed by atoms with Crippen molar-refractivity contribution in [1.29, 1.82) is 0 Å². The number of benzene rings is 2. The minimum absolute atomic E-state index is 0.363. The second kappa shape index (κ2) is 13.0. The average molecular weight is 557 g/mol. The highest BCUT2D eigenvalue weighted by Gasteiger charge is 2.21. The van der Waals surface area contributed by atoms with Crippen LogP contribution in [0.1, 0.15) is 68.6 Å². The molecule has 0 saturated carbocycles. The Labute approximate surface area is 213 Å². The van der Waals surface area contributed by atoms with Gasteiger partial charge in [-0.1, -0.05) is 57.2 Å². The molecule has 1 atom stereocenters. The van der Waals surface area contributed by atoms with Crippen molar-refractivity contribution in [3.8, 4) is 0 Å². The zero-order valence-corrected chi connectivity index (χ0v) is 22.2. The molecule has 1 aliphatic heterocycles. The van der Waals surface area contributed by atoms with E-state index in [0.29, 0.717) is 12.5 Å². The molecule has 0 aromatic heterocycles. The summed E-state index contributed by atoms with van der Waals surface area (Å²) in [5.41, 5.74) is 11.8. The summed E-state index contributed by atoms with van der Waals surface area (Å²) in [6.45, 7) is 9.30. The van der Waals surface area contributed by atoms with Gasteiger partial charge in [-0.25, -0.2) is 0 Å². The Kier molecular flexibility index (Phi) is 10.0. The van der Waals surface area contributed by atoms with Gasteiger partial charge in [0.25, 0.3) is 0 Å². The van der Waals surface area contributed by atoms with Crippen LogP contribution in [-0.4, -0.2) is 12.8 Å². The van der Waals surface area contributed by atoms with Gasteiger partial charge in [0.1, 0.15) is 5.76 Å². The maximum Gasteiger partial charge on any atom is 0.111 e. The number of hydrogen-bond acceptors (Lipinski definition) is 3. The number of aryl methyl sites for hydroxylation is 1. The van der Waals surface area contributed by atoms with Crippen LogP contribution in [0.4, 0.5) is 11.4 Å². The lowest BCUT2D eigenvalue weighted by Crippen LogP contribution is -2.00. The molecule has 0 saturated heterocycles. The predicted molar refractivity (Wildman–Crippen MR) is 150 cm³/mol. The lowest BCUT2D eigenvalue weighted by atomic mass is 9.95. The van der Waals surface area contributed by atoms with Crippen LogP contribution >= 0.6 is 22.6 Å². The lowest BCUT2D eigenvalue weighted by Gasteiger charge is -2.11. The van der Waals surface area contributed by atoms with Gasteiger partial charge in [0.05, 0.1) is 18.0 Å². The van der Waals surface area contributed by atoms with E-state index in [9.17, 15) is 0 Å². The van der Waals surface area contributed by atoms with E-state index in [1.54, 1.807) is 0 Å². The molecule has 2 aromatic rings. The van der Waals surface area contributed by atoms with Crippen molar-refractivity contribution in [3.05, 3.63) is 81.1 Å². The molecule has 0 aliphatic carbocycles. The maximum absolute atomic E-state index is 6.10. The first-order valence-corrected chi connectivity index (χ1v) is 13.2. The predicted octanol–water partition coefficient (Wildman–Crippen LogP) is 8.15. The van der Waals surface area contributed by atoms with Gasteiger partial charge in [0.15, 0.2) is 0 Å². The van der Waals surface area contributed by atoms with E-state index in [2.05, 4.69) is 84.4 Å². The van der Waals surface area contributed by atoms with E-state index in [1.807, 2.05) is 18.4 Å². The third-order valence-corrected chi connectivity index (χ3v) is 6.66. The standard InChI is InChI=1S/C29H37IN2O/c1-21(2)8-6-10-23-13-15-24(16-14-23)11-7-9-22(3)33-17-5-4-12-25-20-32-29-27(25)18-26(30)19-28(29)31/h7,9,13-16,18-21,25H,3-6,8,10-12,17,31H2,1-2H3/b9-7+. The van der Waals surface area contributed by atoms with Crippen molar-refractivity contribution in [3.63, 3.8) is 0 Å². The second-order valence-electron chi connectivity index (χ2n) is 9.34. The minimum atomic E-state index is 0.363. The van der Waals surface area contributed by atoms with Gasteiger partial charge < -0.3 is 10.5 Å². The number of nitrogens with zero attached hydrogens (tertiary/aromatic N) is 1. The topological polar surface area (TPSA) is 47.6 Å². The molecule has 176 valence electrons. The number of nitrogen functional groups attached to an aromatic ring is 1. The molecule has 0 fully saturated rings. The normalized spacial score (nSPS) is 14.8. The molecular weight excluding hydrogens is 519 g/mol. The summed E-state index contributed by atoms with van der Waals surface area (Å²) in [6, 6.07) is 13.2. The molecule has 1 aliphatic rings. The fraction of sp³-hybridized carbons (Fsp3) is 0.414. The van der Waals surface area contributed by atoms with Crippen molar-refractivity contribution in [2.45, 2.75) is 64.7 Å². The molecule has 33 heavy (non-hydrogen) atoms. The van der Waals surface area contributed by atoms with Crippen LogP contribution in [-0.2, 0) is 17.6 Å². The molecule has 0 radical (unpaired) electrons. The molecular formula is C29H37IN2O. The van der Waals surface area contributed by atoms with Gasteiger partial charge >= 0.3 is 0 Å². The maximum atomic E-state index is 6.10. The summed E-state index contributed by atoms with van der Waals surface area (Å²) in [7, 11) is 0. The number of aliphatic imine (C=N–C) groups is 1. The Bertz CT molecular complexity index is 976. The first kappa shape index (κ1) is 25.5. The quantitative estimate of drug-likeness (QED) is 0.0890. The van der Waals surface area contributed by atoms with E-state index in [1.165, 1.54) is 39.5 Å². The summed E-state index contributed by atoms with van der Waals surface area (Å²) in [4.78, 5) is 4.52. The molecule has 3 nitrogen and oxygen atoms in total. The molecule has 2 aromatic carbocycles. The van der Waals surface area contributed by atoms with Crippen LogP contribution in [0.5, 0.6) is 0 Å². The van der Waals surface area contributed by atoms with E-state index >= 15 is 0 Å². The number of ether oxygens (including phenoxy) is 1. The van der Waals surface area contributed by atoms with Gasteiger partial charge in [-0.2, -0.15) is 0 Å². The zero-order chi connectivity index (χ0) is 23.6. The smallest absolute Gasteiger partial charge is 0.111 e. The molecule has 0 amide bonds. The van der Waals surface area contributed by atoms with Crippen molar-refractivity contribution in [1.82, 2.24) is 0 Å². The number of fused-ring (bicyclic) bond motifs is 1. The van der Waals surface area contributed by atoms with Crippen LogP contribution < -0.4 is 5.73 Å². The molecule has 1 unspecified atom stereocenters. The van der Waals surface area contributed by atoms with Crippen LogP contribution in [0.25, 0.3) is 0 Å². The van der Waals surface area contributed by atoms with Gasteiger partial charge in [-0.15, -0.1) is 0 Å². The second-order valence-corrected chi connectivity index (χ2v) is 10.6. The van der Waals surface area contributed by atoms with Crippen molar-refractivity contribution >= 4 is 40.2 Å². The summed E-state index contributed by atoms with van der Waals surface area (Å²) >= 11 is 2.32. The number of halogens is 1. The van der Waals surface area contributed by atoms with Gasteiger partial charge in [-0.05, 0) is 102 Å². The summed E-state index contributed by atoms with van der Waals surface area (Å²) in [5, 5.41) is 0. The van der Waals surface area contributed by atoms with Crippen molar-refractivity contribution in [2.24, 2.45) is 10.9 Å². The fourth-order valence-corrected chi connectivity index (χ4v) is 4.82. The SMILES string of the molecule is C=C(/C=C/Cc1ccc(CCCC(C)C)cc1)OCCCCC1C=Nc2c(N)cc(I)cc21. The van der Waals surface area contributed by atoms with Crippen molar-refractivity contribution < 1.29 is 4.74 Å². The van der Waals surface area contributed by atoms with Gasteiger partial charge in [0, 0.05) is 15.7 Å². The summed E-state index contributed by atoms with van der Waals surface area (Å²) in [6.07, 6.45) is 13.9. The first-order chi connectivity index (χ1) is 15.9. The minimum Gasteiger partial charge on any atom is -0.494 e. The third-order valence-electron chi connectivity index (χ3n) is 6.04. The Morgan fingerprint density at radius 3 is 2.67 bits per heavy atom. The van der Waals surface area contributed by atoms with Gasteiger partial charge in [-0.3, -0.25) is 4.99 Å². The van der Waals surface area contributed by atoms with Gasteiger partial charge in [0.2, 0.25) is 0 Å². The highest BCUT2D eigenvalue weighted by Crippen LogP contribution is 2.40. The molecule has 0 spiro atoms. The van der Waals surface area contributed by atoms with Crippen LogP contribution in [0.15, 0.2) is 65.9 Å². The largest absolute Gasteiger partial charge is 0.494 e. The lowest BCUT2D eigenvalue weighted by molar-refractivity contribution is 0.218. The van der Waals surface area contributed by atoms with E-state index < -0.39 is 0 Å². The number of unbranched alkanes of at least 4 members (excludes halogenated alkanes) is 1. The highest BCUT2D eigenvalue weighted by molar-refractivity contribution is 14.1.